The van der Waals surface area contributed by atoms with Crippen LogP contribution in [0.25, 0.3) is 0 Å². The number of benzene rings is 4. The van der Waals surface area contributed by atoms with Gasteiger partial charge in [-0.05, 0) is 133 Å². The lowest BCUT2D eigenvalue weighted by atomic mass is 9.70. The van der Waals surface area contributed by atoms with E-state index in [0.29, 0.717) is 0 Å². The van der Waals surface area contributed by atoms with Gasteiger partial charge in [-0.1, -0.05) is 74.5 Å². The molecule has 3 heteroatoms. The standard InChI is InChI=1S/C41H52O3/c1-37(2,3)42-34-23-17-30(18-24-34)40(10,11)29-13-15-31(16-14-29)41(12,32-19-25-35(26-20-32)43-38(4,5)6)33-21-27-36(28-22-33)44-39(7,8)9/h13-28H,1-12H3. The summed E-state index contributed by atoms with van der Waals surface area (Å²) in [5.74, 6) is 2.63. The molecule has 0 heterocycles. The van der Waals surface area contributed by atoms with Crippen molar-refractivity contribution in [2.75, 3.05) is 0 Å². The highest BCUT2D eigenvalue weighted by Gasteiger charge is 2.33. The van der Waals surface area contributed by atoms with Gasteiger partial charge in [0.25, 0.3) is 0 Å². The summed E-state index contributed by atoms with van der Waals surface area (Å²) in [5, 5.41) is 0. The van der Waals surface area contributed by atoms with Crippen molar-refractivity contribution >= 4 is 0 Å². The lowest BCUT2D eigenvalue weighted by Gasteiger charge is -2.34. The van der Waals surface area contributed by atoms with Crippen molar-refractivity contribution in [1.82, 2.24) is 0 Å². The van der Waals surface area contributed by atoms with Gasteiger partial charge in [0.05, 0.1) is 0 Å². The van der Waals surface area contributed by atoms with E-state index in [-0.39, 0.29) is 22.2 Å². The Kier molecular flexibility index (Phi) is 9.04. The molecule has 4 aromatic carbocycles. The molecule has 0 unspecified atom stereocenters. The summed E-state index contributed by atoms with van der Waals surface area (Å²) in [5.41, 5.74) is 4.83. The van der Waals surface area contributed by atoms with Gasteiger partial charge < -0.3 is 14.2 Å². The van der Waals surface area contributed by atoms with E-state index in [1.54, 1.807) is 0 Å². The van der Waals surface area contributed by atoms with Crippen LogP contribution in [0.3, 0.4) is 0 Å². The van der Waals surface area contributed by atoms with Crippen LogP contribution < -0.4 is 14.2 Å². The third-order valence-corrected chi connectivity index (χ3v) is 7.90. The Labute approximate surface area is 266 Å². The maximum Gasteiger partial charge on any atom is 0.120 e. The van der Waals surface area contributed by atoms with Gasteiger partial charge >= 0.3 is 0 Å². The lowest BCUT2D eigenvalue weighted by molar-refractivity contribution is 0.130. The highest BCUT2D eigenvalue weighted by molar-refractivity contribution is 5.53. The Bertz CT molecular complexity index is 1450. The van der Waals surface area contributed by atoms with Crippen molar-refractivity contribution in [1.29, 1.82) is 0 Å². The summed E-state index contributed by atoms with van der Waals surface area (Å²) in [6.07, 6.45) is 0. The quantitative estimate of drug-likeness (QED) is 0.191. The van der Waals surface area contributed by atoms with Crippen LogP contribution in [-0.2, 0) is 10.8 Å². The van der Waals surface area contributed by atoms with E-state index in [4.69, 9.17) is 14.2 Å². The topological polar surface area (TPSA) is 27.7 Å². The second-order valence-corrected chi connectivity index (χ2v) is 15.5. The summed E-state index contributed by atoms with van der Waals surface area (Å²) in [7, 11) is 0. The van der Waals surface area contributed by atoms with Crippen LogP contribution in [0.2, 0.25) is 0 Å². The van der Waals surface area contributed by atoms with Crippen LogP contribution in [0.5, 0.6) is 17.2 Å². The zero-order valence-electron chi connectivity index (χ0n) is 29.0. The first-order chi connectivity index (χ1) is 20.3. The van der Waals surface area contributed by atoms with Crippen LogP contribution in [0, 0.1) is 0 Å². The maximum absolute atomic E-state index is 6.14. The van der Waals surface area contributed by atoms with Crippen LogP contribution in [0.1, 0.15) is 111 Å². The van der Waals surface area contributed by atoms with Crippen molar-refractivity contribution in [3.05, 3.63) is 125 Å². The van der Waals surface area contributed by atoms with Gasteiger partial charge in [-0.15, -0.1) is 0 Å². The van der Waals surface area contributed by atoms with Gasteiger partial charge in [-0.2, -0.15) is 0 Å². The van der Waals surface area contributed by atoms with E-state index in [1.807, 2.05) is 0 Å². The van der Waals surface area contributed by atoms with Crippen LogP contribution in [-0.4, -0.2) is 16.8 Å². The van der Waals surface area contributed by atoms with Crippen molar-refractivity contribution in [3.63, 3.8) is 0 Å². The van der Waals surface area contributed by atoms with Crippen LogP contribution >= 0.6 is 0 Å². The van der Waals surface area contributed by atoms with E-state index in [1.165, 1.54) is 27.8 Å². The SMILES string of the molecule is CC(C)(C)Oc1ccc(C(C)(C)c2ccc(C(C)(c3ccc(OC(C)(C)C)cc3)c3ccc(OC(C)(C)C)cc3)cc2)cc1. The molecule has 4 rings (SSSR count). The Morgan fingerprint density at radius 1 is 0.295 bits per heavy atom. The average molecular weight is 593 g/mol. The molecule has 0 saturated heterocycles. The molecule has 0 fully saturated rings. The van der Waals surface area contributed by atoms with Gasteiger partial charge in [0.15, 0.2) is 0 Å². The summed E-state index contributed by atoms with van der Waals surface area (Å²) >= 11 is 0. The fourth-order valence-electron chi connectivity index (χ4n) is 5.60. The number of hydrogen-bond donors (Lipinski definition) is 0. The first-order valence-corrected chi connectivity index (χ1v) is 15.8. The van der Waals surface area contributed by atoms with Gasteiger partial charge in [-0.25, -0.2) is 0 Å². The molecule has 0 amide bonds. The summed E-state index contributed by atoms with van der Waals surface area (Å²) < 4.78 is 18.3. The first kappa shape index (κ1) is 33.2. The summed E-state index contributed by atoms with van der Waals surface area (Å²) in [6, 6.07) is 34.8. The Morgan fingerprint density at radius 2 is 0.500 bits per heavy atom. The maximum atomic E-state index is 6.14. The second kappa shape index (κ2) is 12.0. The van der Waals surface area contributed by atoms with Crippen LogP contribution in [0.15, 0.2) is 97.1 Å². The molecule has 0 spiro atoms. The monoisotopic (exact) mass is 592 g/mol. The molecule has 4 aromatic rings. The molecular weight excluding hydrogens is 540 g/mol. The minimum absolute atomic E-state index is 0.174. The number of rotatable bonds is 8. The Balaban J connectivity index is 1.72. The molecule has 44 heavy (non-hydrogen) atoms. The largest absolute Gasteiger partial charge is 0.488 e. The predicted octanol–water partition coefficient (Wildman–Crippen LogP) is 10.9. The predicted molar refractivity (Wildman–Crippen MR) is 185 cm³/mol. The van der Waals surface area contributed by atoms with Gasteiger partial charge in [0.2, 0.25) is 0 Å². The van der Waals surface area contributed by atoms with Crippen molar-refractivity contribution < 1.29 is 14.2 Å². The van der Waals surface area contributed by atoms with Crippen molar-refractivity contribution in [3.8, 4) is 17.2 Å². The van der Waals surface area contributed by atoms with E-state index >= 15 is 0 Å². The van der Waals surface area contributed by atoms with Crippen molar-refractivity contribution in [2.24, 2.45) is 0 Å². The normalized spacial score (nSPS) is 13.0. The molecule has 0 aliphatic rings. The van der Waals surface area contributed by atoms with Crippen LogP contribution in [0.4, 0.5) is 0 Å². The molecule has 0 radical (unpaired) electrons. The molecule has 234 valence electrons. The van der Waals surface area contributed by atoms with Gasteiger partial charge in [-0.3, -0.25) is 0 Å². The highest BCUT2D eigenvalue weighted by atomic mass is 16.5. The summed E-state index contributed by atoms with van der Waals surface area (Å²) in [6.45, 7) is 25.5. The van der Waals surface area contributed by atoms with Gasteiger partial charge in [0, 0.05) is 10.8 Å². The fraction of sp³-hybridized carbons (Fsp3) is 0.415. The van der Waals surface area contributed by atoms with E-state index in [0.717, 1.165) is 17.2 Å². The zero-order chi connectivity index (χ0) is 32.6. The fourth-order valence-corrected chi connectivity index (χ4v) is 5.60. The zero-order valence-corrected chi connectivity index (χ0v) is 29.0. The van der Waals surface area contributed by atoms with E-state index in [2.05, 4.69) is 180 Å². The molecule has 0 bridgehead atoms. The molecule has 0 aliphatic carbocycles. The lowest BCUT2D eigenvalue weighted by Crippen LogP contribution is -2.27. The summed E-state index contributed by atoms with van der Waals surface area (Å²) in [4.78, 5) is 0. The van der Waals surface area contributed by atoms with Gasteiger partial charge in [0.1, 0.15) is 34.1 Å². The molecule has 0 aromatic heterocycles. The molecule has 0 aliphatic heterocycles. The van der Waals surface area contributed by atoms with Crippen molar-refractivity contribution in [2.45, 2.75) is 111 Å². The highest BCUT2D eigenvalue weighted by Crippen LogP contribution is 2.42. The minimum atomic E-state index is -0.394. The number of hydrogen-bond acceptors (Lipinski definition) is 3. The van der Waals surface area contributed by atoms with E-state index < -0.39 is 5.41 Å². The minimum Gasteiger partial charge on any atom is -0.488 e. The Hall–Kier alpha value is -3.72. The van der Waals surface area contributed by atoms with E-state index in [9.17, 15) is 0 Å². The Morgan fingerprint density at radius 3 is 0.750 bits per heavy atom. The first-order valence-electron chi connectivity index (χ1n) is 15.8. The second-order valence-electron chi connectivity index (χ2n) is 15.5. The smallest absolute Gasteiger partial charge is 0.120 e. The third kappa shape index (κ3) is 8.05. The number of ether oxygens (including phenoxy) is 3. The third-order valence-electron chi connectivity index (χ3n) is 7.90. The molecule has 0 N–H and O–H groups in total. The average Bonchev–Trinajstić information content (AvgIpc) is 2.91. The molecule has 3 nitrogen and oxygen atoms in total. The molecule has 0 saturated carbocycles. The molecular formula is C41H52O3. The molecule has 0 atom stereocenters.